The van der Waals surface area contributed by atoms with Crippen LogP contribution in [0.1, 0.15) is 30.7 Å². The minimum atomic E-state index is -0.813. The molecule has 0 spiro atoms. The summed E-state index contributed by atoms with van der Waals surface area (Å²) in [4.78, 5) is 9.10. The van der Waals surface area contributed by atoms with E-state index >= 15 is 0 Å². The minimum Gasteiger partial charge on any atom is -0.369 e. The Hall–Kier alpha value is -1.47. The number of anilines is 1. The van der Waals surface area contributed by atoms with Crippen LogP contribution in [0.4, 0.5) is 14.5 Å². The molecular weight excluding hydrogens is 366 g/mol. The number of rotatable bonds is 5. The van der Waals surface area contributed by atoms with Crippen LogP contribution in [0.15, 0.2) is 22.9 Å². The van der Waals surface area contributed by atoms with Gasteiger partial charge in [0, 0.05) is 42.1 Å². The highest BCUT2D eigenvalue weighted by Gasteiger charge is 2.23. The van der Waals surface area contributed by atoms with E-state index in [9.17, 15) is 8.78 Å². The lowest BCUT2D eigenvalue weighted by Crippen LogP contribution is -2.32. The van der Waals surface area contributed by atoms with Crippen LogP contribution < -0.4 is 10.2 Å². The van der Waals surface area contributed by atoms with E-state index in [0.29, 0.717) is 23.2 Å². The maximum atomic E-state index is 14.4. The maximum Gasteiger partial charge on any atom is 0.182 e. The number of benzene rings is 1. The number of aromatic amines is 1. The van der Waals surface area contributed by atoms with Crippen molar-refractivity contribution in [3.63, 3.8) is 0 Å². The number of halogens is 3. The van der Waals surface area contributed by atoms with Gasteiger partial charge < -0.3 is 15.2 Å². The van der Waals surface area contributed by atoms with Gasteiger partial charge in [-0.3, -0.25) is 0 Å². The molecule has 1 fully saturated rings. The summed E-state index contributed by atoms with van der Waals surface area (Å²) in [6.45, 7) is 2.50. The molecule has 2 heterocycles. The molecule has 7 heteroatoms. The molecule has 1 aromatic heterocycles. The molecule has 0 unspecified atom stereocenters. The van der Waals surface area contributed by atoms with Crippen molar-refractivity contribution in [3.05, 3.63) is 46.0 Å². The molecule has 3 rings (SSSR count). The van der Waals surface area contributed by atoms with Crippen LogP contribution in [-0.4, -0.2) is 23.1 Å². The van der Waals surface area contributed by atoms with Crippen molar-refractivity contribution in [2.75, 3.05) is 18.0 Å². The zero-order chi connectivity index (χ0) is 16.2. The van der Waals surface area contributed by atoms with Crippen molar-refractivity contribution >= 4 is 21.6 Å². The molecule has 1 saturated heterocycles. The summed E-state index contributed by atoms with van der Waals surface area (Å²) < 4.78 is 28.9. The van der Waals surface area contributed by atoms with Gasteiger partial charge in [0.15, 0.2) is 11.6 Å². The second kappa shape index (κ2) is 7.40. The molecule has 1 aliphatic rings. The van der Waals surface area contributed by atoms with Crippen LogP contribution in [0.5, 0.6) is 0 Å². The molecule has 2 aromatic rings. The van der Waals surface area contributed by atoms with Gasteiger partial charge in [-0.15, -0.1) is 0 Å². The highest BCUT2D eigenvalue weighted by molar-refractivity contribution is 9.10. The molecule has 0 radical (unpaired) electrons. The first-order valence-electron chi connectivity index (χ1n) is 7.77. The predicted molar refractivity (Wildman–Crippen MR) is 89.3 cm³/mol. The fraction of sp³-hybridized carbons (Fsp3) is 0.438. The highest BCUT2D eigenvalue weighted by Crippen LogP contribution is 2.34. The molecule has 23 heavy (non-hydrogen) atoms. The Morgan fingerprint density at radius 3 is 2.70 bits per heavy atom. The van der Waals surface area contributed by atoms with Crippen molar-refractivity contribution < 1.29 is 8.78 Å². The Bertz CT molecular complexity index is 655. The summed E-state index contributed by atoms with van der Waals surface area (Å²) in [7, 11) is 0. The van der Waals surface area contributed by atoms with Crippen LogP contribution >= 0.6 is 15.9 Å². The van der Waals surface area contributed by atoms with Crippen LogP contribution in [0.2, 0.25) is 0 Å². The first kappa shape index (κ1) is 16.4. The standard InChI is InChI=1S/C16H19BrF2N4/c17-12-8-13(18)15(19)16(23-6-2-1-3-7-23)11(12)9-20-10-14-21-4-5-22-14/h4-5,8,20H,1-3,6-7,9-10H2,(H,21,22). The quantitative estimate of drug-likeness (QED) is 0.771. The summed E-state index contributed by atoms with van der Waals surface area (Å²) in [6.07, 6.45) is 6.59. The predicted octanol–water partition coefficient (Wildman–Crippen LogP) is 3.73. The first-order valence-corrected chi connectivity index (χ1v) is 8.56. The topological polar surface area (TPSA) is 44.0 Å². The Balaban J connectivity index is 1.83. The first-order chi connectivity index (χ1) is 11.2. The van der Waals surface area contributed by atoms with Gasteiger partial charge >= 0.3 is 0 Å². The zero-order valence-corrected chi connectivity index (χ0v) is 14.3. The summed E-state index contributed by atoms with van der Waals surface area (Å²) in [5.74, 6) is -0.764. The molecule has 0 aliphatic carbocycles. The summed E-state index contributed by atoms with van der Waals surface area (Å²) in [5, 5.41) is 3.23. The smallest absolute Gasteiger partial charge is 0.182 e. The molecule has 2 N–H and O–H groups in total. The Morgan fingerprint density at radius 2 is 2.00 bits per heavy atom. The molecule has 0 atom stereocenters. The third-order valence-electron chi connectivity index (χ3n) is 4.07. The molecular formula is C16H19BrF2N4. The van der Waals surface area contributed by atoms with Crippen LogP contribution in [0, 0.1) is 11.6 Å². The van der Waals surface area contributed by atoms with E-state index in [4.69, 9.17) is 0 Å². The molecule has 0 amide bonds. The molecule has 0 saturated carbocycles. The molecule has 124 valence electrons. The SMILES string of the molecule is Fc1cc(Br)c(CNCc2ncc[nH]2)c(N2CCCCC2)c1F. The number of aromatic nitrogens is 2. The number of hydrogen-bond donors (Lipinski definition) is 2. The molecule has 4 nitrogen and oxygen atoms in total. The van der Waals surface area contributed by atoms with Crippen molar-refractivity contribution in [1.29, 1.82) is 0 Å². The average Bonchev–Trinajstić information content (AvgIpc) is 3.06. The summed E-state index contributed by atoms with van der Waals surface area (Å²) >= 11 is 3.38. The van der Waals surface area contributed by atoms with Crippen molar-refractivity contribution in [2.45, 2.75) is 32.4 Å². The second-order valence-electron chi connectivity index (χ2n) is 5.67. The normalized spacial score (nSPS) is 15.2. The molecule has 0 bridgehead atoms. The van der Waals surface area contributed by atoms with E-state index in [1.54, 1.807) is 12.4 Å². The number of H-pyrrole nitrogens is 1. The Labute approximate surface area is 142 Å². The molecule has 1 aliphatic heterocycles. The maximum absolute atomic E-state index is 14.4. The highest BCUT2D eigenvalue weighted by atomic mass is 79.9. The van der Waals surface area contributed by atoms with Gasteiger partial charge in [0.2, 0.25) is 0 Å². The summed E-state index contributed by atoms with van der Waals surface area (Å²) in [5.41, 5.74) is 1.13. The summed E-state index contributed by atoms with van der Waals surface area (Å²) in [6, 6.07) is 1.20. The van der Waals surface area contributed by atoms with Gasteiger partial charge in [0.05, 0.1) is 12.2 Å². The fourth-order valence-electron chi connectivity index (χ4n) is 2.94. The van der Waals surface area contributed by atoms with Gasteiger partial charge in [-0.25, -0.2) is 13.8 Å². The van der Waals surface area contributed by atoms with Gasteiger partial charge in [0.1, 0.15) is 5.82 Å². The van der Waals surface area contributed by atoms with Crippen molar-refractivity contribution in [2.24, 2.45) is 0 Å². The second-order valence-corrected chi connectivity index (χ2v) is 6.52. The van der Waals surface area contributed by atoms with E-state index < -0.39 is 11.6 Å². The van der Waals surface area contributed by atoms with E-state index in [1.165, 1.54) is 6.07 Å². The van der Waals surface area contributed by atoms with E-state index in [1.807, 2.05) is 4.90 Å². The van der Waals surface area contributed by atoms with Gasteiger partial charge in [-0.2, -0.15) is 0 Å². The Kier molecular flexibility index (Phi) is 5.27. The van der Waals surface area contributed by atoms with E-state index in [0.717, 1.165) is 43.7 Å². The lowest BCUT2D eigenvalue weighted by Gasteiger charge is -2.31. The van der Waals surface area contributed by atoms with Gasteiger partial charge in [0.25, 0.3) is 0 Å². The lowest BCUT2D eigenvalue weighted by atomic mass is 10.1. The number of nitrogens with zero attached hydrogens (tertiary/aromatic N) is 2. The third kappa shape index (κ3) is 3.72. The molecule has 1 aromatic carbocycles. The lowest BCUT2D eigenvalue weighted by molar-refractivity contribution is 0.492. The van der Waals surface area contributed by atoms with Crippen molar-refractivity contribution in [3.8, 4) is 0 Å². The monoisotopic (exact) mass is 384 g/mol. The van der Waals surface area contributed by atoms with E-state index in [-0.39, 0.29) is 0 Å². The number of piperidine rings is 1. The third-order valence-corrected chi connectivity index (χ3v) is 4.77. The van der Waals surface area contributed by atoms with Crippen molar-refractivity contribution in [1.82, 2.24) is 15.3 Å². The fourth-order valence-corrected chi connectivity index (χ4v) is 3.47. The van der Waals surface area contributed by atoms with Crippen LogP contribution in [0.25, 0.3) is 0 Å². The number of nitrogens with one attached hydrogen (secondary N) is 2. The van der Waals surface area contributed by atoms with Crippen LogP contribution in [0.3, 0.4) is 0 Å². The Morgan fingerprint density at radius 1 is 1.22 bits per heavy atom. The van der Waals surface area contributed by atoms with E-state index in [2.05, 4.69) is 31.2 Å². The van der Waals surface area contributed by atoms with Gasteiger partial charge in [-0.05, 0) is 25.3 Å². The average molecular weight is 385 g/mol. The van der Waals surface area contributed by atoms with Gasteiger partial charge in [-0.1, -0.05) is 15.9 Å². The minimum absolute atomic E-state index is 0.378. The number of imidazole rings is 1. The number of hydrogen-bond acceptors (Lipinski definition) is 3. The van der Waals surface area contributed by atoms with Crippen LogP contribution in [-0.2, 0) is 13.1 Å². The zero-order valence-electron chi connectivity index (χ0n) is 12.7. The largest absolute Gasteiger partial charge is 0.369 e.